The molecule has 0 bridgehead atoms. The number of nitrogens with zero attached hydrogens (tertiary/aromatic N) is 4. The molecule has 0 atom stereocenters. The number of halogens is 1. The zero-order valence-electron chi connectivity index (χ0n) is 19.9. The van der Waals surface area contributed by atoms with Gasteiger partial charge in [0.15, 0.2) is 0 Å². The first-order valence-electron chi connectivity index (χ1n) is 11.3. The second-order valence-electron chi connectivity index (χ2n) is 8.28. The van der Waals surface area contributed by atoms with Crippen LogP contribution in [-0.4, -0.2) is 40.1 Å². The molecule has 2 aromatic heterocycles. The summed E-state index contributed by atoms with van der Waals surface area (Å²) >= 11 is 0. The van der Waals surface area contributed by atoms with Crippen LogP contribution in [0.3, 0.4) is 0 Å². The Balaban J connectivity index is 1.41. The second-order valence-corrected chi connectivity index (χ2v) is 8.28. The minimum Gasteiger partial charge on any atom is -0.497 e. The molecule has 2 heterocycles. The van der Waals surface area contributed by atoms with Crippen molar-refractivity contribution < 1.29 is 9.13 Å². The van der Waals surface area contributed by atoms with Crippen molar-refractivity contribution in [2.45, 2.75) is 19.4 Å². The van der Waals surface area contributed by atoms with Gasteiger partial charge >= 0.3 is 0 Å². The number of benzene rings is 2. The maximum atomic E-state index is 14.2. The molecule has 0 amide bonds. The van der Waals surface area contributed by atoms with Gasteiger partial charge in [0.05, 0.1) is 30.2 Å². The standard InChI is InChI=1S/C27H28FN5O2/c1-19(32(2)14-10-20-8-12-29-13-9-20)31-22-5-7-24-26(16-22)30-18-33(27(24)34)15-11-21-4-6-23(35-3)17-25(21)28/h4-9,12-13,16-18,31H,1,10-11,14-15H2,2-3H3. The molecule has 4 rings (SSSR count). The molecule has 0 unspecified atom stereocenters. The van der Waals surface area contributed by atoms with E-state index in [0.717, 1.165) is 24.5 Å². The Kier molecular flexibility index (Phi) is 7.40. The summed E-state index contributed by atoms with van der Waals surface area (Å²) in [6.45, 7) is 5.24. The number of anilines is 1. The Morgan fingerprint density at radius 2 is 1.94 bits per heavy atom. The van der Waals surface area contributed by atoms with Gasteiger partial charge in [-0.25, -0.2) is 9.37 Å². The summed E-state index contributed by atoms with van der Waals surface area (Å²) in [6.07, 6.45) is 6.32. The predicted octanol–water partition coefficient (Wildman–Crippen LogP) is 4.24. The lowest BCUT2D eigenvalue weighted by atomic mass is 10.1. The lowest BCUT2D eigenvalue weighted by molar-refractivity contribution is 0.410. The van der Waals surface area contributed by atoms with Gasteiger partial charge in [-0.2, -0.15) is 0 Å². The lowest BCUT2D eigenvalue weighted by Gasteiger charge is -2.23. The van der Waals surface area contributed by atoms with E-state index in [-0.39, 0.29) is 11.4 Å². The van der Waals surface area contributed by atoms with Crippen molar-refractivity contribution in [2.24, 2.45) is 0 Å². The quantitative estimate of drug-likeness (QED) is 0.372. The first-order chi connectivity index (χ1) is 16.9. The molecule has 0 aliphatic rings. The average Bonchev–Trinajstić information content (AvgIpc) is 2.88. The zero-order chi connectivity index (χ0) is 24.8. The third kappa shape index (κ3) is 5.84. The summed E-state index contributed by atoms with van der Waals surface area (Å²) in [5, 5.41) is 3.79. The van der Waals surface area contributed by atoms with E-state index in [1.54, 1.807) is 30.6 Å². The second kappa shape index (κ2) is 10.8. The molecule has 0 aliphatic heterocycles. The van der Waals surface area contributed by atoms with Crippen LogP contribution in [0.2, 0.25) is 0 Å². The van der Waals surface area contributed by atoms with Gasteiger partial charge < -0.3 is 15.0 Å². The highest BCUT2D eigenvalue weighted by Crippen LogP contribution is 2.19. The van der Waals surface area contributed by atoms with Crippen LogP contribution in [0.4, 0.5) is 10.1 Å². The molecule has 0 fully saturated rings. The normalized spacial score (nSPS) is 10.8. The van der Waals surface area contributed by atoms with Gasteiger partial charge in [0, 0.05) is 44.3 Å². The molecule has 4 aromatic rings. The summed E-state index contributed by atoms with van der Waals surface area (Å²) in [5.74, 6) is 0.851. The number of hydrogen-bond donors (Lipinski definition) is 1. The number of pyridine rings is 1. The molecular formula is C27H28FN5O2. The van der Waals surface area contributed by atoms with Crippen molar-refractivity contribution >= 4 is 16.6 Å². The van der Waals surface area contributed by atoms with E-state index in [1.165, 1.54) is 29.6 Å². The molecule has 0 saturated carbocycles. The first kappa shape index (κ1) is 23.9. The average molecular weight is 474 g/mol. The highest BCUT2D eigenvalue weighted by molar-refractivity contribution is 5.81. The Morgan fingerprint density at radius 1 is 1.14 bits per heavy atom. The van der Waals surface area contributed by atoms with Crippen molar-refractivity contribution in [3.05, 3.63) is 107 Å². The maximum Gasteiger partial charge on any atom is 0.261 e. The number of hydrogen-bond acceptors (Lipinski definition) is 6. The zero-order valence-corrected chi connectivity index (χ0v) is 19.9. The van der Waals surface area contributed by atoms with Crippen molar-refractivity contribution in [3.63, 3.8) is 0 Å². The first-order valence-corrected chi connectivity index (χ1v) is 11.3. The van der Waals surface area contributed by atoms with Crippen LogP contribution < -0.4 is 15.6 Å². The fourth-order valence-electron chi connectivity index (χ4n) is 3.74. The molecule has 180 valence electrons. The van der Waals surface area contributed by atoms with Crippen LogP contribution in [0, 0.1) is 5.82 Å². The largest absolute Gasteiger partial charge is 0.497 e. The van der Waals surface area contributed by atoms with Gasteiger partial charge in [0.25, 0.3) is 5.56 Å². The van der Waals surface area contributed by atoms with Gasteiger partial charge in [0.2, 0.25) is 0 Å². The third-order valence-corrected chi connectivity index (χ3v) is 5.94. The van der Waals surface area contributed by atoms with Gasteiger partial charge in [-0.1, -0.05) is 12.6 Å². The number of aromatic nitrogens is 3. The van der Waals surface area contributed by atoms with Crippen LogP contribution >= 0.6 is 0 Å². The Morgan fingerprint density at radius 3 is 2.69 bits per heavy atom. The third-order valence-electron chi connectivity index (χ3n) is 5.94. The van der Waals surface area contributed by atoms with E-state index in [0.29, 0.717) is 35.2 Å². The lowest BCUT2D eigenvalue weighted by Crippen LogP contribution is -2.24. The SMILES string of the molecule is C=C(Nc1ccc2c(=O)n(CCc3ccc(OC)cc3F)cnc2c1)N(C)CCc1ccncc1. The molecule has 1 N–H and O–H groups in total. The van der Waals surface area contributed by atoms with E-state index < -0.39 is 0 Å². The molecule has 0 radical (unpaired) electrons. The molecular weight excluding hydrogens is 445 g/mol. The number of likely N-dealkylation sites (N-methyl/N-ethyl adjacent to an activating group) is 1. The monoisotopic (exact) mass is 473 g/mol. The van der Waals surface area contributed by atoms with E-state index in [9.17, 15) is 9.18 Å². The van der Waals surface area contributed by atoms with Crippen LogP contribution in [-0.2, 0) is 19.4 Å². The minimum atomic E-state index is -0.354. The number of methoxy groups -OCH3 is 1. The number of ether oxygens (including phenoxy) is 1. The van der Waals surface area contributed by atoms with Gasteiger partial charge in [0.1, 0.15) is 11.6 Å². The summed E-state index contributed by atoms with van der Waals surface area (Å²) in [6, 6.07) is 14.1. The molecule has 35 heavy (non-hydrogen) atoms. The number of fused-ring (bicyclic) bond motifs is 1. The molecule has 0 spiro atoms. The molecule has 8 heteroatoms. The number of nitrogens with one attached hydrogen (secondary N) is 1. The van der Waals surface area contributed by atoms with Gasteiger partial charge in [-0.05, 0) is 60.4 Å². The fraction of sp³-hybridized carbons (Fsp3) is 0.222. The van der Waals surface area contributed by atoms with E-state index >= 15 is 0 Å². The summed E-state index contributed by atoms with van der Waals surface area (Å²) in [7, 11) is 3.47. The molecule has 0 saturated heterocycles. The minimum absolute atomic E-state index is 0.163. The van der Waals surface area contributed by atoms with Gasteiger partial charge in [-0.15, -0.1) is 0 Å². The summed E-state index contributed by atoms with van der Waals surface area (Å²) < 4.78 is 20.8. The highest BCUT2D eigenvalue weighted by atomic mass is 19.1. The highest BCUT2D eigenvalue weighted by Gasteiger charge is 2.09. The Bertz CT molecular complexity index is 1390. The Labute approximate surface area is 203 Å². The summed E-state index contributed by atoms with van der Waals surface area (Å²) in [5.41, 5.74) is 2.94. The van der Waals surface area contributed by atoms with E-state index in [4.69, 9.17) is 4.74 Å². The van der Waals surface area contributed by atoms with Crippen molar-refractivity contribution in [1.29, 1.82) is 0 Å². The Hall–Kier alpha value is -4.20. The summed E-state index contributed by atoms with van der Waals surface area (Å²) in [4.78, 5) is 23.5. The molecule has 7 nitrogen and oxygen atoms in total. The van der Waals surface area contributed by atoms with Crippen LogP contribution in [0.5, 0.6) is 5.75 Å². The smallest absolute Gasteiger partial charge is 0.261 e. The molecule has 0 aliphatic carbocycles. The topological polar surface area (TPSA) is 72.3 Å². The van der Waals surface area contributed by atoms with Crippen molar-refractivity contribution in [3.8, 4) is 5.75 Å². The van der Waals surface area contributed by atoms with Gasteiger partial charge in [-0.3, -0.25) is 14.3 Å². The van der Waals surface area contributed by atoms with Crippen LogP contribution in [0.1, 0.15) is 11.1 Å². The fourth-order valence-corrected chi connectivity index (χ4v) is 3.74. The van der Waals surface area contributed by atoms with Crippen molar-refractivity contribution in [2.75, 3.05) is 26.0 Å². The van der Waals surface area contributed by atoms with E-state index in [2.05, 4.69) is 21.9 Å². The number of aryl methyl sites for hydroxylation is 2. The predicted molar refractivity (Wildman–Crippen MR) is 136 cm³/mol. The van der Waals surface area contributed by atoms with Crippen LogP contribution in [0.15, 0.2) is 84.4 Å². The van der Waals surface area contributed by atoms with Crippen molar-refractivity contribution in [1.82, 2.24) is 19.4 Å². The van der Waals surface area contributed by atoms with Crippen LogP contribution in [0.25, 0.3) is 10.9 Å². The number of rotatable bonds is 10. The van der Waals surface area contributed by atoms with E-state index in [1.807, 2.05) is 36.2 Å². The molecule has 2 aromatic carbocycles. The maximum absolute atomic E-state index is 14.2.